The van der Waals surface area contributed by atoms with Crippen LogP contribution in [0.4, 0.5) is 0 Å². The molecule has 0 aromatic carbocycles. The van der Waals surface area contributed by atoms with E-state index in [1.165, 1.54) is 0 Å². The maximum absolute atomic E-state index is 8.88. The Hall–Kier alpha value is -1.60. The zero-order valence-corrected chi connectivity index (χ0v) is 19.1. The summed E-state index contributed by atoms with van der Waals surface area (Å²) in [5.74, 6) is 0. The van der Waals surface area contributed by atoms with Crippen molar-refractivity contribution in [2.75, 3.05) is 0 Å². The Bertz CT molecular complexity index is 60.2. The van der Waals surface area contributed by atoms with Gasteiger partial charge in [0.15, 0.2) is 0 Å². The summed E-state index contributed by atoms with van der Waals surface area (Å²) in [5, 5.41) is 0. The van der Waals surface area contributed by atoms with E-state index in [9.17, 15) is 0 Å². The van der Waals surface area contributed by atoms with Crippen molar-refractivity contribution in [2.24, 2.45) is 0 Å². The molecule has 0 radical (unpaired) electrons. The van der Waals surface area contributed by atoms with E-state index in [-0.39, 0.29) is 12.4 Å². The molecule has 4 nitrogen and oxygen atoms in total. The second-order valence-corrected chi connectivity index (χ2v) is 1.54. The Balaban J connectivity index is -0.0000000267. The predicted octanol–water partition coefficient (Wildman–Crippen LogP) is -0.507. The SMILES string of the molecule is Cl.O=P(O)(O)O.[Nh+3].[Nh+3]. The molecule has 0 spiro atoms. The van der Waals surface area contributed by atoms with Gasteiger partial charge in [-0.3, -0.25) is 0 Å². The second kappa shape index (κ2) is 5.40. The zero-order chi connectivity index (χ0) is 4.50. The fraction of sp³-hybridized carbons (Fsp3) is 0. The first-order chi connectivity index (χ1) is 2.00. The van der Waals surface area contributed by atoms with Gasteiger partial charge in [0.1, 0.15) is 0 Å². The molecule has 8 heavy (non-hydrogen) atoms. The van der Waals surface area contributed by atoms with Crippen molar-refractivity contribution in [3.05, 3.63) is 0 Å². The number of phosphoric acid groups is 1. The van der Waals surface area contributed by atoms with Crippen molar-refractivity contribution in [1.29, 1.82) is 0 Å². The maximum Gasteiger partial charge on any atom is 3.00 e. The van der Waals surface area contributed by atoms with Crippen LogP contribution < -0.4 is 0 Å². The number of halogens is 1. The van der Waals surface area contributed by atoms with Crippen LogP contribution in [0.1, 0.15) is 0 Å². The van der Waals surface area contributed by atoms with E-state index in [0.29, 0.717) is 0 Å². The first-order valence-corrected chi connectivity index (χ1v) is 2.35. The summed E-state index contributed by atoms with van der Waals surface area (Å²) in [4.78, 5) is 21.6. The molecule has 0 aliphatic carbocycles. The molecule has 0 aliphatic heterocycles. The summed E-state index contributed by atoms with van der Waals surface area (Å²) in [7, 11) is -4.64. The van der Waals surface area contributed by atoms with E-state index in [1.807, 2.05) is 0 Å². The molecule has 0 heterocycles. The Labute approximate surface area is 40.5 Å². The zero-order valence-electron chi connectivity index (χ0n) is 4.02. The number of rotatable bonds is 0. The van der Waals surface area contributed by atoms with E-state index in [1.54, 1.807) is 0 Å². The van der Waals surface area contributed by atoms with Gasteiger partial charge in [0.2, 0.25) is 0 Å². The first kappa shape index (κ1) is 32.4. The van der Waals surface area contributed by atoms with Gasteiger partial charge in [0.25, 0.3) is 0 Å². The Morgan fingerprint density at radius 3 is 1.00 bits per heavy atom. The molecule has 0 aromatic rings. The Morgan fingerprint density at radius 2 is 1.00 bits per heavy atom. The van der Waals surface area contributed by atoms with Crippen molar-refractivity contribution in [3.8, 4) is 0 Å². The number of hydrogen-bond acceptors (Lipinski definition) is 1. The summed E-state index contributed by atoms with van der Waals surface area (Å²) in [6.45, 7) is 0. The molecular formula is H4ClNh2O4P+6. The van der Waals surface area contributed by atoms with Crippen molar-refractivity contribution in [3.63, 3.8) is 0 Å². The van der Waals surface area contributed by atoms with E-state index in [2.05, 4.69) is 0 Å². The van der Waals surface area contributed by atoms with Crippen LogP contribution in [0.3, 0.4) is 0 Å². The van der Waals surface area contributed by atoms with E-state index in [0.717, 1.165) is 0 Å². The number of hydrogen-bond donors (Lipinski definition) is 3. The molecular weight excluding hydrogens is 698 g/mol. The molecule has 0 saturated heterocycles. The minimum absolute atomic E-state index is 0. The Morgan fingerprint density at radius 1 is 1.00 bits per heavy atom. The minimum Gasteiger partial charge on any atom is -0.303 e. The maximum atomic E-state index is 8.88. The molecule has 0 saturated carbocycles. The summed E-state index contributed by atoms with van der Waals surface area (Å²) in [6, 6.07) is 0. The average molecular weight is 702 g/mol. The summed E-state index contributed by atoms with van der Waals surface area (Å²) in [6.07, 6.45) is 0. The van der Waals surface area contributed by atoms with Crippen LogP contribution in [-0.2, 0) is 4.57 Å². The van der Waals surface area contributed by atoms with Crippen LogP contribution in [0.15, 0.2) is 0 Å². The smallest absolute Gasteiger partial charge is 0.303 e. The molecule has 3 N–H and O–H groups in total. The first-order valence-electron chi connectivity index (χ1n) is 0.783. The van der Waals surface area contributed by atoms with Crippen LogP contribution in [0.5, 0.6) is 0 Å². The van der Waals surface area contributed by atoms with Crippen LogP contribution in [0.25, 0.3) is 0 Å². The third-order valence-electron chi connectivity index (χ3n) is 0. The molecule has 38 valence electrons. The fourth-order valence-corrected chi connectivity index (χ4v) is 0. The van der Waals surface area contributed by atoms with Crippen molar-refractivity contribution in [1.82, 2.24) is 0 Å². The van der Waals surface area contributed by atoms with Gasteiger partial charge in [0.05, 0.1) is 0 Å². The molecule has 0 amide bonds. The summed E-state index contributed by atoms with van der Waals surface area (Å²) >= 11 is 0. The molecule has 0 bridgehead atoms. The van der Waals surface area contributed by atoms with Gasteiger partial charge in [-0.05, 0) is 0 Å². The van der Waals surface area contributed by atoms with E-state index >= 15 is 0 Å². The van der Waals surface area contributed by atoms with Gasteiger partial charge in [-0.15, -0.1) is 12.4 Å². The van der Waals surface area contributed by atoms with Crippen molar-refractivity contribution >= 4 is 20.2 Å². The average Bonchev–Trinajstić information content (AvgIpc) is 0.722. The molecule has 0 aromatic heterocycles. The quantitative estimate of drug-likeness (QED) is 0.298. The monoisotopic (exact) mass is 702 g/mol. The van der Waals surface area contributed by atoms with Gasteiger partial charge < -0.3 is 14.7 Å². The van der Waals surface area contributed by atoms with Crippen LogP contribution in [0, 0.1) is 0 Å². The topological polar surface area (TPSA) is 77.8 Å². The van der Waals surface area contributed by atoms with Gasteiger partial charge >= 0.3 is 7.82 Å². The summed E-state index contributed by atoms with van der Waals surface area (Å²) < 4.78 is 8.88. The molecule has 0 rings (SSSR count). The van der Waals surface area contributed by atoms with Crippen LogP contribution in [-0.4, -0.2) is 14.7 Å². The van der Waals surface area contributed by atoms with E-state index < -0.39 is 7.82 Å². The fourth-order valence-electron chi connectivity index (χ4n) is 0. The van der Waals surface area contributed by atoms with Gasteiger partial charge in [-0.2, -0.15) is 0 Å². The largest absolute Gasteiger partial charge is 3.00 e. The standard InChI is InChI=1S/ClH.2Nh.H3O4P/c;;;1-5(2,3)4/h1H;;;(H3,1,2,3,4)/q;2*+3;. The van der Waals surface area contributed by atoms with Gasteiger partial charge in [-0.1, -0.05) is 0 Å². The molecule has 0 atom stereocenters. The minimum atomic E-state index is -4.64. The third kappa shape index (κ3) is 19.9. The summed E-state index contributed by atoms with van der Waals surface area (Å²) in [5.41, 5.74) is 0. The van der Waals surface area contributed by atoms with Gasteiger partial charge in [0, 0.05) is 0 Å². The third-order valence-corrected chi connectivity index (χ3v) is 0. The van der Waals surface area contributed by atoms with Gasteiger partial charge in [-0.25, -0.2) is 4.57 Å². The van der Waals surface area contributed by atoms with Crippen LogP contribution >= 0.6 is 20.2 Å². The second-order valence-electron chi connectivity index (χ2n) is 0.513. The molecule has 8 heteroatoms. The van der Waals surface area contributed by atoms with E-state index in [4.69, 9.17) is 19.2 Å². The van der Waals surface area contributed by atoms with Crippen molar-refractivity contribution < 1.29 is 19.2 Å². The molecule has 0 fully saturated rings. The normalized spacial score (nSPS) is 7.38. The predicted molar refractivity (Wildman–Crippen MR) is 21.5 cm³/mol. The molecule has 0 unspecified atom stereocenters. The van der Waals surface area contributed by atoms with Crippen LogP contribution in [0.2, 0.25) is 0 Å². The Kier molecular flexibility index (Phi) is 21.9. The van der Waals surface area contributed by atoms with Crippen molar-refractivity contribution in [2.45, 2.75) is 0 Å². The molecule has 0 aliphatic rings.